The molecule has 3 N–H and O–H groups in total. The lowest BCUT2D eigenvalue weighted by Gasteiger charge is -2.12. The van der Waals surface area contributed by atoms with E-state index in [1.807, 2.05) is 5.32 Å². The lowest BCUT2D eigenvalue weighted by atomic mass is 10.2. The van der Waals surface area contributed by atoms with E-state index in [0.29, 0.717) is 4.57 Å². The monoisotopic (exact) mass is 480 g/mol. The lowest BCUT2D eigenvalue weighted by Crippen LogP contribution is -2.27. The molecule has 3 aromatic rings. The van der Waals surface area contributed by atoms with Gasteiger partial charge in [0, 0.05) is 42.0 Å². The fourth-order valence-electron chi connectivity index (χ4n) is 3.45. The average molecular weight is 480 g/mol. The van der Waals surface area contributed by atoms with E-state index in [1.165, 1.54) is 16.8 Å². The minimum Gasteiger partial charge on any atom is -0.355 e. The van der Waals surface area contributed by atoms with Gasteiger partial charge >= 0.3 is 6.18 Å². The molecule has 1 aliphatic carbocycles. The molecule has 0 bridgehead atoms. The van der Waals surface area contributed by atoms with Crippen LogP contribution < -0.4 is 21.5 Å². The number of pyridine rings is 2. The van der Waals surface area contributed by atoms with Gasteiger partial charge in [0.05, 0.1) is 16.8 Å². The summed E-state index contributed by atoms with van der Waals surface area (Å²) < 4.78 is 62.8. The minimum absolute atomic E-state index is 0.0403. The lowest BCUT2D eigenvalue weighted by molar-refractivity contribution is -0.141. The number of anilines is 3. The van der Waals surface area contributed by atoms with Crippen LogP contribution in [0.3, 0.4) is 0 Å². The number of hydrogen-bond acceptors (Lipinski definition) is 6. The van der Waals surface area contributed by atoms with Gasteiger partial charge in [0.15, 0.2) is 5.82 Å². The molecule has 0 spiro atoms. The van der Waals surface area contributed by atoms with E-state index in [4.69, 9.17) is 4.11 Å². The molecule has 2 amide bonds. The van der Waals surface area contributed by atoms with Crippen LogP contribution in [-0.4, -0.2) is 44.3 Å². The summed E-state index contributed by atoms with van der Waals surface area (Å²) in [5.74, 6) is -1.60. The van der Waals surface area contributed by atoms with Gasteiger partial charge in [-0.1, -0.05) is 0 Å². The molecular weight excluding hydrogens is 455 g/mol. The van der Waals surface area contributed by atoms with Crippen molar-refractivity contribution in [1.82, 2.24) is 24.6 Å². The van der Waals surface area contributed by atoms with E-state index in [9.17, 15) is 27.6 Å². The Morgan fingerprint density at radius 2 is 2.09 bits per heavy atom. The fraction of sp³-hybridized carbons (Fsp3) is 0.381. The number of nitrogens with zero attached hydrogens (tertiary/aromatic N) is 4. The quantitative estimate of drug-likeness (QED) is 0.478. The number of carbonyl (C=O) groups excluding carboxylic acids is 2. The maximum Gasteiger partial charge on any atom is 0.406 e. The number of carbonyl (C=O) groups is 2. The highest BCUT2D eigenvalue weighted by Gasteiger charge is 2.31. The highest BCUT2D eigenvalue weighted by atomic mass is 19.4. The van der Waals surface area contributed by atoms with Crippen molar-refractivity contribution in [2.45, 2.75) is 39.0 Å². The van der Waals surface area contributed by atoms with Crippen LogP contribution >= 0.6 is 0 Å². The third kappa shape index (κ3) is 4.72. The number of amides is 2. The molecule has 1 aliphatic rings. The van der Waals surface area contributed by atoms with Crippen molar-refractivity contribution >= 4 is 40.0 Å². The number of halogens is 3. The summed E-state index contributed by atoms with van der Waals surface area (Å²) in [6.07, 6.45) is -1.15. The molecule has 180 valence electrons. The Morgan fingerprint density at radius 3 is 2.74 bits per heavy atom. The molecule has 13 heteroatoms. The number of alkyl halides is 3. The Balaban J connectivity index is 1.80. The van der Waals surface area contributed by atoms with Crippen LogP contribution in [0.5, 0.6) is 0 Å². The second-order valence-corrected chi connectivity index (χ2v) is 7.75. The van der Waals surface area contributed by atoms with Crippen molar-refractivity contribution in [3.05, 3.63) is 40.4 Å². The van der Waals surface area contributed by atoms with Gasteiger partial charge in [0.25, 0.3) is 11.5 Å². The minimum atomic E-state index is -4.65. The van der Waals surface area contributed by atoms with Gasteiger partial charge in [0.1, 0.15) is 17.7 Å². The predicted molar refractivity (Wildman–Crippen MR) is 118 cm³/mol. The molecule has 0 aromatic carbocycles. The van der Waals surface area contributed by atoms with E-state index in [2.05, 4.69) is 20.7 Å². The molecule has 1 fully saturated rings. The first-order valence-electron chi connectivity index (χ1n) is 11.8. The van der Waals surface area contributed by atoms with Gasteiger partial charge in [0.2, 0.25) is 5.91 Å². The number of aromatic nitrogens is 4. The van der Waals surface area contributed by atoms with E-state index < -0.39 is 31.2 Å². The summed E-state index contributed by atoms with van der Waals surface area (Å²) in [6, 6.07) is 2.57. The van der Waals surface area contributed by atoms with Crippen LogP contribution in [0.25, 0.3) is 10.9 Å². The first-order chi connectivity index (χ1) is 17.3. The molecule has 0 radical (unpaired) electrons. The summed E-state index contributed by atoms with van der Waals surface area (Å²) >= 11 is 0. The fourth-order valence-corrected chi connectivity index (χ4v) is 3.45. The van der Waals surface area contributed by atoms with Crippen LogP contribution in [0, 0.1) is 5.92 Å². The van der Waals surface area contributed by atoms with Crippen LogP contribution in [0.2, 0.25) is 0 Å². The van der Waals surface area contributed by atoms with Crippen LogP contribution in [0.4, 0.5) is 30.5 Å². The van der Waals surface area contributed by atoms with Gasteiger partial charge in [-0.25, -0.2) is 4.98 Å². The third-order valence-electron chi connectivity index (χ3n) is 5.24. The Labute approximate surface area is 195 Å². The zero-order chi connectivity index (χ0) is 27.1. The van der Waals surface area contributed by atoms with E-state index in [1.54, 1.807) is 6.92 Å². The van der Waals surface area contributed by atoms with Crippen molar-refractivity contribution in [1.29, 1.82) is 0 Å². The van der Waals surface area contributed by atoms with Crippen LogP contribution in [0.1, 0.15) is 34.2 Å². The standard InChI is InChI=1S/C21H22F3N7O3/c1-3-31-14-6-7-30(10-21(22,23)24)20(34)16(14)17(29-31)27-13-8-15(28-18(32)11-4-5-11)26-9-12(13)19(33)25-2/h6-9,11H,3-5,10H2,1-2H3,(H,25,33)(H2,26,27,28,29,32)/i2D3. The van der Waals surface area contributed by atoms with Crippen LogP contribution in [0.15, 0.2) is 29.3 Å². The summed E-state index contributed by atoms with van der Waals surface area (Å²) in [5.41, 5.74) is -1.05. The smallest absolute Gasteiger partial charge is 0.355 e. The number of aryl methyl sites for hydroxylation is 1. The topological polar surface area (TPSA) is 123 Å². The zero-order valence-corrected chi connectivity index (χ0v) is 17.9. The molecule has 3 heterocycles. The Hall–Kier alpha value is -3.90. The summed E-state index contributed by atoms with van der Waals surface area (Å²) in [5, 5.41) is 11.3. The molecule has 34 heavy (non-hydrogen) atoms. The molecule has 1 saturated carbocycles. The predicted octanol–water partition coefficient (Wildman–Crippen LogP) is 2.63. The molecule has 0 aliphatic heterocycles. The molecule has 0 unspecified atom stereocenters. The normalized spacial score (nSPS) is 15.4. The van der Waals surface area contributed by atoms with E-state index in [-0.39, 0.29) is 52.2 Å². The SMILES string of the molecule is [2H]C([2H])([2H])NC(=O)c1cnc(NC(=O)C2CC2)cc1Nc1nn(CC)c2ccn(CC(F)(F)F)c(=O)c12. The highest BCUT2D eigenvalue weighted by molar-refractivity contribution is 6.02. The van der Waals surface area contributed by atoms with Crippen molar-refractivity contribution in [3.63, 3.8) is 0 Å². The van der Waals surface area contributed by atoms with Gasteiger partial charge in [-0.3, -0.25) is 19.1 Å². The second kappa shape index (κ2) is 8.80. The largest absolute Gasteiger partial charge is 0.406 e. The average Bonchev–Trinajstić information content (AvgIpc) is 3.56. The highest BCUT2D eigenvalue weighted by Crippen LogP contribution is 2.31. The first-order valence-corrected chi connectivity index (χ1v) is 10.3. The second-order valence-electron chi connectivity index (χ2n) is 7.75. The number of nitrogens with one attached hydrogen (secondary N) is 3. The number of fused-ring (bicyclic) bond motifs is 1. The summed E-state index contributed by atoms with van der Waals surface area (Å²) in [6.45, 7) is -2.36. The van der Waals surface area contributed by atoms with Crippen LogP contribution in [-0.2, 0) is 17.9 Å². The van der Waals surface area contributed by atoms with Crippen molar-refractivity contribution in [2.24, 2.45) is 5.92 Å². The third-order valence-corrected chi connectivity index (χ3v) is 5.24. The van der Waals surface area contributed by atoms with Crippen molar-refractivity contribution in [2.75, 3.05) is 17.6 Å². The van der Waals surface area contributed by atoms with E-state index >= 15 is 0 Å². The molecule has 10 nitrogen and oxygen atoms in total. The van der Waals surface area contributed by atoms with Gasteiger partial charge in [-0.15, -0.1) is 0 Å². The molecule has 0 saturated heterocycles. The summed E-state index contributed by atoms with van der Waals surface area (Å²) in [7, 11) is 0. The Morgan fingerprint density at radius 1 is 1.32 bits per heavy atom. The van der Waals surface area contributed by atoms with Crippen molar-refractivity contribution in [3.8, 4) is 0 Å². The number of rotatable bonds is 7. The van der Waals surface area contributed by atoms with Gasteiger partial charge in [-0.2, -0.15) is 18.3 Å². The number of hydrogen-bond donors (Lipinski definition) is 3. The zero-order valence-electron chi connectivity index (χ0n) is 20.9. The van der Waals surface area contributed by atoms with E-state index in [0.717, 1.165) is 25.2 Å². The van der Waals surface area contributed by atoms with Gasteiger partial charge in [-0.05, 0) is 25.8 Å². The Bertz CT molecular complexity index is 1430. The Kier molecular flexibility index (Phi) is 5.06. The summed E-state index contributed by atoms with van der Waals surface area (Å²) in [4.78, 5) is 41.9. The van der Waals surface area contributed by atoms with Crippen molar-refractivity contribution < 1.29 is 26.9 Å². The molecule has 0 atom stereocenters. The molecule has 3 aromatic heterocycles. The maximum atomic E-state index is 13.0. The first kappa shape index (κ1) is 19.6. The molecular formula is C21H22F3N7O3. The maximum absolute atomic E-state index is 13.0. The molecule has 4 rings (SSSR count). The van der Waals surface area contributed by atoms with Gasteiger partial charge < -0.3 is 20.5 Å².